The monoisotopic (exact) mass is 355 g/mol. The Morgan fingerprint density at radius 3 is 2.56 bits per heavy atom. The van der Waals surface area contributed by atoms with Crippen LogP contribution in [0, 0.1) is 5.82 Å². The molecule has 0 fully saturated rings. The Kier molecular flexibility index (Phi) is 4.01. The standard InChI is InChI=1S/C18H14FN3O2S/c1-24-14-8-4-12(5-9-14)17-20-18-22(21-17)16(23)10-15(25-18)11-2-6-13(19)7-3-11/h2-9,15H,10H2,1H3/t15-/m0/s1. The third-order valence-corrected chi connectivity index (χ3v) is 5.21. The number of halogens is 1. The first kappa shape index (κ1) is 15.8. The predicted octanol–water partition coefficient (Wildman–Crippen LogP) is 3.97. The minimum atomic E-state index is -0.291. The van der Waals surface area contributed by atoms with Crippen LogP contribution in [0.3, 0.4) is 0 Å². The molecule has 2 heterocycles. The molecule has 0 aliphatic carbocycles. The molecule has 1 aliphatic rings. The molecule has 25 heavy (non-hydrogen) atoms. The Bertz CT molecular complexity index is 922. The Hall–Kier alpha value is -2.67. The lowest BCUT2D eigenvalue weighted by Crippen LogP contribution is -2.20. The molecule has 1 aliphatic heterocycles. The van der Waals surface area contributed by atoms with Gasteiger partial charge in [0.2, 0.25) is 0 Å². The SMILES string of the molecule is COc1ccc(-c2nc3n(n2)C(=O)C[C@@H](c2ccc(F)cc2)S3)cc1. The Balaban J connectivity index is 1.64. The zero-order valence-electron chi connectivity index (χ0n) is 13.3. The van der Waals surface area contributed by atoms with Crippen molar-refractivity contribution in [3.63, 3.8) is 0 Å². The van der Waals surface area contributed by atoms with Crippen LogP contribution < -0.4 is 4.74 Å². The van der Waals surface area contributed by atoms with E-state index in [1.165, 1.54) is 28.6 Å². The van der Waals surface area contributed by atoms with Gasteiger partial charge in [-0.25, -0.2) is 9.37 Å². The van der Waals surface area contributed by atoms with Gasteiger partial charge in [0.05, 0.1) is 7.11 Å². The van der Waals surface area contributed by atoms with E-state index >= 15 is 0 Å². The van der Waals surface area contributed by atoms with Crippen molar-refractivity contribution in [2.75, 3.05) is 7.11 Å². The molecule has 0 N–H and O–H groups in total. The average Bonchev–Trinajstić information content (AvgIpc) is 3.07. The smallest absolute Gasteiger partial charge is 0.250 e. The number of benzene rings is 2. The summed E-state index contributed by atoms with van der Waals surface area (Å²) in [6, 6.07) is 13.6. The number of carbonyl (C=O) groups excluding carboxylic acids is 1. The molecule has 0 spiro atoms. The highest BCUT2D eigenvalue weighted by Gasteiger charge is 2.30. The maximum absolute atomic E-state index is 13.1. The summed E-state index contributed by atoms with van der Waals surface area (Å²) < 4.78 is 19.6. The van der Waals surface area contributed by atoms with Gasteiger partial charge in [0.15, 0.2) is 11.0 Å². The van der Waals surface area contributed by atoms with E-state index in [9.17, 15) is 9.18 Å². The van der Waals surface area contributed by atoms with Gasteiger partial charge in [-0.2, -0.15) is 4.68 Å². The largest absolute Gasteiger partial charge is 0.497 e. The number of hydrogen-bond acceptors (Lipinski definition) is 5. The second-order valence-electron chi connectivity index (χ2n) is 5.61. The molecular formula is C18H14FN3O2S. The van der Waals surface area contributed by atoms with Gasteiger partial charge in [-0.05, 0) is 42.0 Å². The van der Waals surface area contributed by atoms with Crippen molar-refractivity contribution >= 4 is 17.7 Å². The van der Waals surface area contributed by atoms with Crippen LogP contribution in [0.5, 0.6) is 5.75 Å². The molecule has 0 saturated carbocycles. The predicted molar refractivity (Wildman–Crippen MR) is 92.3 cm³/mol. The zero-order valence-corrected chi connectivity index (χ0v) is 14.2. The maximum Gasteiger partial charge on any atom is 0.250 e. The molecule has 0 unspecified atom stereocenters. The number of aromatic nitrogens is 3. The number of thioether (sulfide) groups is 1. The highest BCUT2D eigenvalue weighted by Crippen LogP contribution is 2.41. The van der Waals surface area contributed by atoms with E-state index in [2.05, 4.69) is 10.1 Å². The summed E-state index contributed by atoms with van der Waals surface area (Å²) in [4.78, 5) is 16.9. The number of hydrogen-bond donors (Lipinski definition) is 0. The molecule has 3 aromatic rings. The highest BCUT2D eigenvalue weighted by atomic mass is 32.2. The summed E-state index contributed by atoms with van der Waals surface area (Å²) >= 11 is 1.46. The second-order valence-corrected chi connectivity index (χ2v) is 6.78. The Morgan fingerprint density at radius 1 is 1.16 bits per heavy atom. The number of methoxy groups -OCH3 is 1. The average molecular weight is 355 g/mol. The van der Waals surface area contributed by atoms with E-state index < -0.39 is 0 Å². The van der Waals surface area contributed by atoms with Gasteiger partial charge < -0.3 is 4.74 Å². The second kappa shape index (κ2) is 6.33. The van der Waals surface area contributed by atoms with Crippen molar-refractivity contribution < 1.29 is 13.9 Å². The number of nitrogens with zero attached hydrogens (tertiary/aromatic N) is 3. The molecule has 0 amide bonds. The summed E-state index contributed by atoms with van der Waals surface area (Å²) in [5, 5.41) is 4.80. The van der Waals surface area contributed by atoms with Gasteiger partial charge in [-0.1, -0.05) is 23.9 Å². The van der Waals surface area contributed by atoms with Crippen LogP contribution in [-0.2, 0) is 0 Å². The molecule has 5 nitrogen and oxygen atoms in total. The van der Waals surface area contributed by atoms with Crippen molar-refractivity contribution in [1.82, 2.24) is 14.8 Å². The van der Waals surface area contributed by atoms with E-state index in [4.69, 9.17) is 4.74 Å². The third-order valence-electron chi connectivity index (χ3n) is 4.01. The highest BCUT2D eigenvalue weighted by molar-refractivity contribution is 7.99. The van der Waals surface area contributed by atoms with Crippen LogP contribution in [0.4, 0.5) is 4.39 Å². The molecule has 1 aromatic heterocycles. The fourth-order valence-electron chi connectivity index (χ4n) is 2.68. The molecule has 1 atom stereocenters. The minimum absolute atomic E-state index is 0.0893. The normalized spacial score (nSPS) is 16.6. The van der Waals surface area contributed by atoms with Crippen LogP contribution in [0.15, 0.2) is 53.7 Å². The lowest BCUT2D eigenvalue weighted by Gasteiger charge is -2.20. The Morgan fingerprint density at radius 2 is 1.88 bits per heavy atom. The van der Waals surface area contributed by atoms with Crippen molar-refractivity contribution in [2.45, 2.75) is 16.8 Å². The lowest BCUT2D eigenvalue weighted by molar-refractivity contribution is 0.0868. The summed E-state index contributed by atoms with van der Waals surface area (Å²) in [7, 11) is 1.60. The number of carbonyl (C=O) groups is 1. The van der Waals surface area contributed by atoms with Crippen LogP contribution >= 0.6 is 11.8 Å². The van der Waals surface area contributed by atoms with Crippen LogP contribution in [-0.4, -0.2) is 27.8 Å². The van der Waals surface area contributed by atoms with Gasteiger partial charge in [0.25, 0.3) is 5.91 Å². The summed E-state index contributed by atoms with van der Waals surface area (Å²) in [6.45, 7) is 0. The molecule has 126 valence electrons. The molecule has 4 rings (SSSR count). The van der Waals surface area contributed by atoms with Crippen molar-refractivity contribution in [3.8, 4) is 17.1 Å². The number of ether oxygens (including phenoxy) is 1. The topological polar surface area (TPSA) is 57.0 Å². The van der Waals surface area contributed by atoms with Crippen molar-refractivity contribution in [1.29, 1.82) is 0 Å². The lowest BCUT2D eigenvalue weighted by atomic mass is 10.1. The van der Waals surface area contributed by atoms with Crippen LogP contribution in [0.25, 0.3) is 11.4 Å². The van der Waals surface area contributed by atoms with E-state index in [1.807, 2.05) is 24.3 Å². The summed E-state index contributed by atoms with van der Waals surface area (Å²) in [5.74, 6) is 0.837. The van der Waals surface area contributed by atoms with Crippen molar-refractivity contribution in [3.05, 3.63) is 59.9 Å². The van der Waals surface area contributed by atoms with E-state index in [0.29, 0.717) is 17.4 Å². The van der Waals surface area contributed by atoms with Gasteiger partial charge in [-0.3, -0.25) is 4.79 Å². The minimum Gasteiger partial charge on any atom is -0.497 e. The molecular weight excluding hydrogens is 341 g/mol. The molecule has 0 bridgehead atoms. The Labute approximate surface area is 147 Å². The van der Waals surface area contributed by atoms with E-state index in [-0.39, 0.29) is 17.0 Å². The summed E-state index contributed by atoms with van der Waals surface area (Å²) in [5.41, 5.74) is 1.72. The van der Waals surface area contributed by atoms with Gasteiger partial charge in [0.1, 0.15) is 11.6 Å². The molecule has 0 saturated heterocycles. The molecule has 0 radical (unpaired) electrons. The fourth-order valence-corrected chi connectivity index (χ4v) is 3.83. The first-order chi connectivity index (χ1) is 12.1. The third kappa shape index (κ3) is 3.02. The quantitative estimate of drug-likeness (QED) is 0.711. The van der Waals surface area contributed by atoms with E-state index in [0.717, 1.165) is 16.9 Å². The van der Waals surface area contributed by atoms with Gasteiger partial charge in [-0.15, -0.1) is 5.10 Å². The van der Waals surface area contributed by atoms with Gasteiger partial charge >= 0.3 is 0 Å². The molecule has 7 heteroatoms. The maximum atomic E-state index is 13.1. The van der Waals surface area contributed by atoms with Crippen molar-refractivity contribution in [2.24, 2.45) is 0 Å². The number of rotatable bonds is 3. The first-order valence-electron chi connectivity index (χ1n) is 7.71. The zero-order chi connectivity index (χ0) is 17.4. The van der Waals surface area contributed by atoms with E-state index in [1.54, 1.807) is 19.2 Å². The fraction of sp³-hybridized carbons (Fsp3) is 0.167. The number of fused-ring (bicyclic) bond motifs is 1. The molecule has 2 aromatic carbocycles. The summed E-state index contributed by atoms with van der Waals surface area (Å²) in [6.07, 6.45) is 0.300. The van der Waals surface area contributed by atoms with Crippen LogP contribution in [0.2, 0.25) is 0 Å². The van der Waals surface area contributed by atoms with Gasteiger partial charge in [0, 0.05) is 17.2 Å². The van der Waals surface area contributed by atoms with Crippen LogP contribution in [0.1, 0.15) is 22.0 Å². The first-order valence-corrected chi connectivity index (χ1v) is 8.59.